The normalized spacial score (nSPS) is 9.67. The molecule has 0 heterocycles. The summed E-state index contributed by atoms with van der Waals surface area (Å²) in [6, 6.07) is 4.60. The maximum absolute atomic E-state index is 11.0. The van der Waals surface area contributed by atoms with Crippen molar-refractivity contribution in [1.29, 1.82) is 0 Å². The molecule has 0 saturated heterocycles. The van der Waals surface area contributed by atoms with Crippen molar-refractivity contribution in [2.24, 2.45) is 5.73 Å². The Labute approximate surface area is 87.0 Å². The molecule has 4 N–H and O–H groups in total. The smallest absolute Gasteiger partial charge is 0.255 e. The van der Waals surface area contributed by atoms with E-state index in [9.17, 15) is 9.59 Å². The predicted molar refractivity (Wildman–Crippen MR) is 55.5 cm³/mol. The molecule has 0 spiro atoms. The number of hydrogen-bond donors (Lipinski definition) is 2. The summed E-state index contributed by atoms with van der Waals surface area (Å²) in [4.78, 5) is 21.5. The lowest BCUT2D eigenvalue weighted by atomic mass is 10.1. The molecule has 0 aliphatic carbocycles. The van der Waals surface area contributed by atoms with Gasteiger partial charge in [0.25, 0.3) is 5.91 Å². The quantitative estimate of drug-likeness (QED) is 0.550. The van der Waals surface area contributed by atoms with E-state index in [2.05, 4.69) is 0 Å². The largest absolute Gasteiger partial charge is 0.484 e. The van der Waals surface area contributed by atoms with Gasteiger partial charge in [0, 0.05) is 17.3 Å². The van der Waals surface area contributed by atoms with Crippen molar-refractivity contribution in [3.8, 4) is 5.75 Å². The number of carbonyl (C=O) groups excluding carboxylic acids is 2. The number of ketones is 1. The molecule has 0 aromatic heterocycles. The van der Waals surface area contributed by atoms with Crippen LogP contribution in [0.1, 0.15) is 17.3 Å². The van der Waals surface area contributed by atoms with Gasteiger partial charge in [-0.15, -0.1) is 0 Å². The van der Waals surface area contributed by atoms with Gasteiger partial charge < -0.3 is 16.2 Å². The molecule has 15 heavy (non-hydrogen) atoms. The standard InChI is InChI=1S/C10H12N2O3/c1-6(13)8-3-2-7(4-9(8)11)15-5-10(12)14/h2-4H,5,11H2,1H3,(H2,12,14). The highest BCUT2D eigenvalue weighted by Crippen LogP contribution is 2.20. The Morgan fingerprint density at radius 3 is 2.53 bits per heavy atom. The van der Waals surface area contributed by atoms with E-state index < -0.39 is 5.91 Å². The highest BCUT2D eigenvalue weighted by Gasteiger charge is 2.06. The van der Waals surface area contributed by atoms with E-state index in [1.54, 1.807) is 12.1 Å². The monoisotopic (exact) mass is 208 g/mol. The molecule has 0 radical (unpaired) electrons. The van der Waals surface area contributed by atoms with E-state index in [0.717, 1.165) is 0 Å². The molecule has 1 rings (SSSR count). The van der Waals surface area contributed by atoms with E-state index in [-0.39, 0.29) is 12.4 Å². The summed E-state index contributed by atoms with van der Waals surface area (Å²) >= 11 is 0. The number of primary amides is 1. The second-order valence-electron chi connectivity index (χ2n) is 3.06. The van der Waals surface area contributed by atoms with E-state index in [1.807, 2.05) is 0 Å². The van der Waals surface area contributed by atoms with Crippen molar-refractivity contribution >= 4 is 17.4 Å². The fraction of sp³-hybridized carbons (Fsp3) is 0.200. The molecular weight excluding hydrogens is 196 g/mol. The first kappa shape index (κ1) is 11.0. The molecule has 0 bridgehead atoms. The average molecular weight is 208 g/mol. The number of carbonyl (C=O) groups is 2. The van der Waals surface area contributed by atoms with Crippen molar-refractivity contribution in [2.45, 2.75) is 6.92 Å². The Bertz CT molecular complexity index is 402. The van der Waals surface area contributed by atoms with Crippen LogP contribution in [0.25, 0.3) is 0 Å². The van der Waals surface area contributed by atoms with Gasteiger partial charge in [0.15, 0.2) is 12.4 Å². The van der Waals surface area contributed by atoms with Gasteiger partial charge in [-0.1, -0.05) is 0 Å². The molecule has 0 saturated carbocycles. The molecule has 5 nitrogen and oxygen atoms in total. The predicted octanol–water partition coefficient (Wildman–Crippen LogP) is 0.336. The van der Waals surface area contributed by atoms with Gasteiger partial charge in [0.2, 0.25) is 0 Å². The lowest BCUT2D eigenvalue weighted by molar-refractivity contribution is -0.119. The van der Waals surface area contributed by atoms with Crippen molar-refractivity contribution in [2.75, 3.05) is 12.3 Å². The van der Waals surface area contributed by atoms with Crippen LogP contribution in [-0.4, -0.2) is 18.3 Å². The summed E-state index contributed by atoms with van der Waals surface area (Å²) in [6.45, 7) is 1.22. The van der Waals surface area contributed by atoms with Gasteiger partial charge in [0.05, 0.1) is 0 Å². The topological polar surface area (TPSA) is 95.4 Å². The zero-order valence-electron chi connectivity index (χ0n) is 8.32. The van der Waals surface area contributed by atoms with Crippen molar-refractivity contribution < 1.29 is 14.3 Å². The van der Waals surface area contributed by atoms with Crippen LogP contribution < -0.4 is 16.2 Å². The average Bonchev–Trinajstić information content (AvgIpc) is 2.14. The maximum atomic E-state index is 11.0. The number of anilines is 1. The SMILES string of the molecule is CC(=O)c1ccc(OCC(N)=O)cc1N. The van der Waals surface area contributed by atoms with Crippen LogP contribution in [0.3, 0.4) is 0 Å². The second-order valence-corrected chi connectivity index (χ2v) is 3.06. The van der Waals surface area contributed by atoms with E-state index in [4.69, 9.17) is 16.2 Å². The molecule has 5 heteroatoms. The van der Waals surface area contributed by atoms with Crippen LogP contribution in [0.2, 0.25) is 0 Å². The van der Waals surface area contributed by atoms with Crippen LogP contribution in [0, 0.1) is 0 Å². The number of nitrogens with two attached hydrogens (primary N) is 2. The summed E-state index contributed by atoms with van der Waals surface area (Å²) in [5.74, 6) is -0.269. The Morgan fingerprint density at radius 2 is 2.07 bits per heavy atom. The van der Waals surface area contributed by atoms with Crippen molar-refractivity contribution in [1.82, 2.24) is 0 Å². The fourth-order valence-corrected chi connectivity index (χ4v) is 1.11. The molecular formula is C10H12N2O3. The number of ether oxygens (including phenoxy) is 1. The molecule has 0 fully saturated rings. The van der Waals surface area contributed by atoms with Crippen LogP contribution in [-0.2, 0) is 4.79 Å². The minimum atomic E-state index is -0.566. The first-order chi connectivity index (χ1) is 7.00. The van der Waals surface area contributed by atoms with Crippen molar-refractivity contribution in [3.63, 3.8) is 0 Å². The highest BCUT2D eigenvalue weighted by atomic mass is 16.5. The summed E-state index contributed by atoms with van der Waals surface area (Å²) in [5, 5.41) is 0. The van der Waals surface area contributed by atoms with Crippen LogP contribution in [0.4, 0.5) is 5.69 Å². The Hall–Kier alpha value is -2.04. The lowest BCUT2D eigenvalue weighted by Gasteiger charge is -2.06. The van der Waals surface area contributed by atoms with Crippen LogP contribution in [0.15, 0.2) is 18.2 Å². The number of hydrogen-bond acceptors (Lipinski definition) is 4. The number of nitrogen functional groups attached to an aromatic ring is 1. The van der Waals surface area contributed by atoms with Gasteiger partial charge in [-0.3, -0.25) is 9.59 Å². The van der Waals surface area contributed by atoms with Crippen LogP contribution >= 0.6 is 0 Å². The van der Waals surface area contributed by atoms with Gasteiger partial charge in [-0.2, -0.15) is 0 Å². The number of benzene rings is 1. The zero-order valence-corrected chi connectivity index (χ0v) is 8.32. The van der Waals surface area contributed by atoms with Gasteiger partial charge in [0.1, 0.15) is 5.75 Å². The number of amides is 1. The van der Waals surface area contributed by atoms with Crippen LogP contribution in [0.5, 0.6) is 5.75 Å². The molecule has 0 unspecified atom stereocenters. The molecule has 0 aliphatic heterocycles. The van der Waals surface area contributed by atoms with Gasteiger partial charge in [-0.05, 0) is 19.1 Å². The maximum Gasteiger partial charge on any atom is 0.255 e. The minimum absolute atomic E-state index is 0.117. The fourth-order valence-electron chi connectivity index (χ4n) is 1.11. The zero-order chi connectivity index (χ0) is 11.4. The molecule has 80 valence electrons. The van der Waals surface area contributed by atoms with E-state index >= 15 is 0 Å². The molecule has 1 amide bonds. The molecule has 1 aromatic rings. The Balaban J connectivity index is 2.82. The summed E-state index contributed by atoms with van der Waals surface area (Å²) in [7, 11) is 0. The molecule has 0 aliphatic rings. The Morgan fingerprint density at radius 1 is 1.40 bits per heavy atom. The van der Waals surface area contributed by atoms with E-state index in [1.165, 1.54) is 13.0 Å². The molecule has 0 atom stereocenters. The summed E-state index contributed by atoms with van der Waals surface area (Å²) < 4.78 is 5.02. The third-order valence-electron chi connectivity index (χ3n) is 1.78. The first-order valence-electron chi connectivity index (χ1n) is 4.32. The van der Waals surface area contributed by atoms with Gasteiger partial charge >= 0.3 is 0 Å². The van der Waals surface area contributed by atoms with Crippen molar-refractivity contribution in [3.05, 3.63) is 23.8 Å². The third kappa shape index (κ3) is 2.98. The summed E-state index contributed by atoms with van der Waals surface area (Å²) in [5.41, 5.74) is 11.3. The van der Waals surface area contributed by atoms with E-state index in [0.29, 0.717) is 17.0 Å². The Kier molecular flexibility index (Phi) is 3.28. The molecule has 1 aromatic carbocycles. The first-order valence-corrected chi connectivity index (χ1v) is 4.32. The highest BCUT2D eigenvalue weighted by molar-refractivity contribution is 5.99. The third-order valence-corrected chi connectivity index (χ3v) is 1.78. The van der Waals surface area contributed by atoms with Gasteiger partial charge in [-0.25, -0.2) is 0 Å². The number of Topliss-reactive ketones (excluding diaryl/α,β-unsaturated/α-hetero) is 1. The summed E-state index contributed by atoms with van der Waals surface area (Å²) in [6.07, 6.45) is 0. The minimum Gasteiger partial charge on any atom is -0.484 e. The lowest BCUT2D eigenvalue weighted by Crippen LogP contribution is -2.20. The second kappa shape index (κ2) is 4.45. The number of rotatable bonds is 4.